The number of carbonyl (C=O) groups is 1. The largest absolute Gasteiger partial charge is 0.324 e. The Balaban J connectivity index is 2.02. The van der Waals surface area contributed by atoms with Crippen molar-refractivity contribution >= 4 is 22.5 Å². The lowest BCUT2D eigenvalue weighted by Crippen LogP contribution is -2.27. The highest BCUT2D eigenvalue weighted by Crippen LogP contribution is 2.26. The van der Waals surface area contributed by atoms with E-state index in [1.807, 2.05) is 75.4 Å². The van der Waals surface area contributed by atoms with Crippen LogP contribution in [0.1, 0.15) is 31.9 Å². The van der Waals surface area contributed by atoms with Crippen molar-refractivity contribution < 1.29 is 4.79 Å². The molecule has 0 bridgehead atoms. The van der Waals surface area contributed by atoms with Crippen molar-refractivity contribution in [2.75, 3.05) is 5.32 Å². The Kier molecular flexibility index (Phi) is 4.54. The summed E-state index contributed by atoms with van der Waals surface area (Å²) in [6, 6.07) is 17.5. The molecule has 0 radical (unpaired) electrons. The minimum absolute atomic E-state index is 0.0393. The van der Waals surface area contributed by atoms with Gasteiger partial charge in [-0.3, -0.25) is 9.78 Å². The molecule has 3 aromatic rings. The molecular formula is C22H20N2O. The predicted octanol–water partition coefficient (Wildman–Crippen LogP) is 4.62. The second-order valence-corrected chi connectivity index (χ2v) is 6.88. The number of amides is 1. The van der Waals surface area contributed by atoms with Gasteiger partial charge < -0.3 is 5.32 Å². The smallest absolute Gasteiger partial charge is 0.229 e. The number of pyridine rings is 1. The number of nitrogens with one attached hydrogen (secondary N) is 1. The van der Waals surface area contributed by atoms with Crippen LogP contribution in [0, 0.1) is 17.3 Å². The van der Waals surface area contributed by atoms with Crippen LogP contribution in [0.3, 0.4) is 0 Å². The summed E-state index contributed by atoms with van der Waals surface area (Å²) >= 11 is 0. The van der Waals surface area contributed by atoms with Crippen molar-refractivity contribution in [1.29, 1.82) is 0 Å². The number of fused-ring (bicyclic) bond motifs is 1. The molecule has 1 amide bonds. The van der Waals surface area contributed by atoms with E-state index in [2.05, 4.69) is 22.1 Å². The van der Waals surface area contributed by atoms with E-state index in [9.17, 15) is 4.79 Å². The highest BCUT2D eigenvalue weighted by Gasteiger charge is 2.22. The van der Waals surface area contributed by atoms with Crippen LogP contribution in [0.2, 0.25) is 0 Å². The second kappa shape index (κ2) is 6.78. The van der Waals surface area contributed by atoms with Gasteiger partial charge in [0, 0.05) is 28.1 Å². The van der Waals surface area contributed by atoms with Crippen LogP contribution in [0.4, 0.5) is 5.69 Å². The molecule has 0 aliphatic heterocycles. The first kappa shape index (κ1) is 16.7. The number of benzene rings is 2. The number of carbonyl (C=O) groups excluding carboxylic acids is 1. The van der Waals surface area contributed by atoms with E-state index < -0.39 is 5.41 Å². The fourth-order valence-electron chi connectivity index (χ4n) is 2.35. The van der Waals surface area contributed by atoms with Gasteiger partial charge in [-0.1, -0.05) is 50.8 Å². The lowest BCUT2D eigenvalue weighted by molar-refractivity contribution is -0.123. The van der Waals surface area contributed by atoms with Crippen LogP contribution in [0.15, 0.2) is 60.8 Å². The average molecular weight is 328 g/mol. The van der Waals surface area contributed by atoms with E-state index in [1.165, 1.54) is 0 Å². The zero-order chi connectivity index (χ0) is 17.9. The normalized spacial score (nSPS) is 10.8. The Morgan fingerprint density at radius 1 is 0.960 bits per heavy atom. The van der Waals surface area contributed by atoms with E-state index in [0.29, 0.717) is 5.69 Å². The van der Waals surface area contributed by atoms with Gasteiger partial charge in [0.2, 0.25) is 5.91 Å². The maximum Gasteiger partial charge on any atom is 0.229 e. The third-order valence-electron chi connectivity index (χ3n) is 3.81. The second-order valence-electron chi connectivity index (χ2n) is 6.88. The van der Waals surface area contributed by atoms with Crippen molar-refractivity contribution in [3.8, 4) is 11.8 Å². The van der Waals surface area contributed by atoms with Crippen molar-refractivity contribution in [2.45, 2.75) is 20.8 Å². The fourth-order valence-corrected chi connectivity index (χ4v) is 2.35. The molecule has 0 unspecified atom stereocenters. The third kappa shape index (κ3) is 3.87. The molecule has 1 aromatic heterocycles. The van der Waals surface area contributed by atoms with Gasteiger partial charge in [-0.05, 0) is 36.4 Å². The Bertz CT molecular complexity index is 974. The van der Waals surface area contributed by atoms with Gasteiger partial charge in [-0.25, -0.2) is 0 Å². The fraction of sp³-hybridized carbons (Fsp3) is 0.182. The standard InChI is InChI=1S/C22H20N2O/c1-22(2,3)21(25)24-19-14-13-17(18-10-7-15-23-20(18)19)12-11-16-8-5-4-6-9-16/h4-10,13-15H,1-3H3,(H,24,25). The van der Waals surface area contributed by atoms with E-state index in [0.717, 1.165) is 22.0 Å². The number of hydrogen-bond donors (Lipinski definition) is 1. The zero-order valence-electron chi connectivity index (χ0n) is 14.6. The monoisotopic (exact) mass is 328 g/mol. The molecule has 25 heavy (non-hydrogen) atoms. The number of anilines is 1. The Morgan fingerprint density at radius 2 is 1.72 bits per heavy atom. The molecule has 3 heteroatoms. The summed E-state index contributed by atoms with van der Waals surface area (Å²) in [4.78, 5) is 16.8. The first-order valence-electron chi connectivity index (χ1n) is 8.21. The summed E-state index contributed by atoms with van der Waals surface area (Å²) in [5.41, 5.74) is 2.85. The molecule has 0 saturated carbocycles. The van der Waals surface area contributed by atoms with Crippen LogP contribution in [-0.4, -0.2) is 10.9 Å². The minimum atomic E-state index is -0.465. The van der Waals surface area contributed by atoms with E-state index in [4.69, 9.17) is 0 Å². The summed E-state index contributed by atoms with van der Waals surface area (Å²) in [5, 5.41) is 3.90. The van der Waals surface area contributed by atoms with E-state index in [-0.39, 0.29) is 5.91 Å². The van der Waals surface area contributed by atoms with Crippen LogP contribution in [0.5, 0.6) is 0 Å². The first-order valence-corrected chi connectivity index (χ1v) is 8.21. The third-order valence-corrected chi connectivity index (χ3v) is 3.81. The van der Waals surface area contributed by atoms with Crippen LogP contribution in [-0.2, 0) is 4.79 Å². The average Bonchev–Trinajstić information content (AvgIpc) is 2.61. The number of aromatic nitrogens is 1. The molecule has 0 saturated heterocycles. The maximum atomic E-state index is 12.3. The van der Waals surface area contributed by atoms with E-state index >= 15 is 0 Å². The van der Waals surface area contributed by atoms with Crippen molar-refractivity contribution in [1.82, 2.24) is 4.98 Å². The highest BCUT2D eigenvalue weighted by molar-refractivity contribution is 6.03. The molecule has 1 heterocycles. The zero-order valence-corrected chi connectivity index (χ0v) is 14.6. The topological polar surface area (TPSA) is 42.0 Å². The lowest BCUT2D eigenvalue weighted by atomic mass is 9.95. The Morgan fingerprint density at radius 3 is 2.44 bits per heavy atom. The summed E-state index contributed by atoms with van der Waals surface area (Å²) in [7, 11) is 0. The van der Waals surface area contributed by atoms with Crippen molar-refractivity contribution in [2.24, 2.45) is 5.41 Å². The number of rotatable bonds is 1. The van der Waals surface area contributed by atoms with Gasteiger partial charge in [-0.2, -0.15) is 0 Å². The molecule has 124 valence electrons. The quantitative estimate of drug-likeness (QED) is 0.662. The van der Waals surface area contributed by atoms with Gasteiger partial charge in [0.05, 0.1) is 11.2 Å². The van der Waals surface area contributed by atoms with Crippen LogP contribution < -0.4 is 5.32 Å². The van der Waals surface area contributed by atoms with Crippen LogP contribution >= 0.6 is 0 Å². The molecule has 0 aliphatic rings. The molecule has 2 aromatic carbocycles. The highest BCUT2D eigenvalue weighted by atomic mass is 16.2. The van der Waals surface area contributed by atoms with Gasteiger partial charge >= 0.3 is 0 Å². The van der Waals surface area contributed by atoms with Gasteiger partial charge in [0.25, 0.3) is 0 Å². The molecule has 1 N–H and O–H groups in total. The predicted molar refractivity (Wildman–Crippen MR) is 102 cm³/mol. The summed E-state index contributed by atoms with van der Waals surface area (Å²) in [6.45, 7) is 5.66. The minimum Gasteiger partial charge on any atom is -0.324 e. The summed E-state index contributed by atoms with van der Waals surface area (Å²) in [5.74, 6) is 6.35. The van der Waals surface area contributed by atoms with Gasteiger partial charge in [0.15, 0.2) is 0 Å². The Hall–Kier alpha value is -3.12. The summed E-state index contributed by atoms with van der Waals surface area (Å²) < 4.78 is 0. The molecule has 0 spiro atoms. The molecular weight excluding hydrogens is 308 g/mol. The first-order chi connectivity index (χ1) is 11.9. The van der Waals surface area contributed by atoms with Crippen LogP contribution in [0.25, 0.3) is 10.9 Å². The summed E-state index contributed by atoms with van der Waals surface area (Å²) in [6.07, 6.45) is 1.73. The molecule has 3 rings (SSSR count). The Labute approximate surface area is 148 Å². The van der Waals surface area contributed by atoms with Crippen molar-refractivity contribution in [3.05, 3.63) is 71.9 Å². The SMILES string of the molecule is CC(C)(C)C(=O)Nc1ccc(C#Cc2ccccc2)c2cccnc12. The van der Waals surface area contributed by atoms with Gasteiger partial charge in [-0.15, -0.1) is 0 Å². The maximum absolute atomic E-state index is 12.3. The lowest BCUT2D eigenvalue weighted by Gasteiger charge is -2.18. The molecule has 0 aliphatic carbocycles. The number of nitrogens with zero attached hydrogens (tertiary/aromatic N) is 1. The van der Waals surface area contributed by atoms with Crippen molar-refractivity contribution in [3.63, 3.8) is 0 Å². The molecule has 0 atom stereocenters. The molecule has 0 fully saturated rings. The number of hydrogen-bond acceptors (Lipinski definition) is 2. The van der Waals surface area contributed by atoms with Gasteiger partial charge in [0.1, 0.15) is 0 Å². The molecule has 3 nitrogen and oxygen atoms in total. The van der Waals surface area contributed by atoms with E-state index in [1.54, 1.807) is 6.20 Å².